The summed E-state index contributed by atoms with van der Waals surface area (Å²) in [5.41, 5.74) is 3.29. The van der Waals surface area contributed by atoms with E-state index in [0.717, 1.165) is 24.2 Å². The molecule has 1 aliphatic heterocycles. The molecule has 0 bridgehead atoms. The van der Waals surface area contributed by atoms with Crippen molar-refractivity contribution in [1.82, 2.24) is 4.90 Å². The van der Waals surface area contributed by atoms with Crippen LogP contribution in [-0.2, 0) is 4.79 Å². The van der Waals surface area contributed by atoms with E-state index in [1.807, 2.05) is 43.3 Å². The Morgan fingerprint density at radius 2 is 1.70 bits per heavy atom. The van der Waals surface area contributed by atoms with E-state index in [2.05, 4.69) is 43.0 Å². The molecule has 0 radical (unpaired) electrons. The fraction of sp³-hybridized carbons (Fsp3) is 0.273. The molecule has 140 valence electrons. The summed E-state index contributed by atoms with van der Waals surface area (Å²) >= 11 is 6.87. The second-order valence-corrected chi connectivity index (χ2v) is 8.08. The van der Waals surface area contributed by atoms with E-state index in [4.69, 9.17) is 12.2 Å². The summed E-state index contributed by atoms with van der Waals surface area (Å²) in [6.07, 6.45) is 1.93. The number of anilines is 1. The van der Waals surface area contributed by atoms with E-state index in [9.17, 15) is 4.79 Å². The lowest BCUT2D eigenvalue weighted by atomic mass is 10.1. The Kier molecular flexibility index (Phi) is 6.34. The first-order valence-electron chi connectivity index (χ1n) is 9.22. The van der Waals surface area contributed by atoms with Gasteiger partial charge in [-0.15, -0.1) is 0 Å². The van der Waals surface area contributed by atoms with Crippen molar-refractivity contribution in [1.29, 1.82) is 0 Å². The Morgan fingerprint density at radius 1 is 1.07 bits per heavy atom. The molecule has 2 aromatic carbocycles. The second-order valence-electron chi connectivity index (χ2n) is 6.40. The van der Waals surface area contributed by atoms with Gasteiger partial charge in [-0.2, -0.15) is 0 Å². The highest BCUT2D eigenvalue weighted by Gasteiger charge is 2.35. The quantitative estimate of drug-likeness (QED) is 0.475. The van der Waals surface area contributed by atoms with E-state index in [1.165, 1.54) is 17.4 Å². The Labute approximate surface area is 171 Å². The van der Waals surface area contributed by atoms with Gasteiger partial charge in [0.05, 0.1) is 10.9 Å². The van der Waals surface area contributed by atoms with Gasteiger partial charge in [-0.05, 0) is 50.1 Å². The van der Waals surface area contributed by atoms with E-state index in [0.29, 0.717) is 9.23 Å². The van der Waals surface area contributed by atoms with Crippen molar-refractivity contribution in [3.63, 3.8) is 0 Å². The largest absolute Gasteiger partial charge is 0.372 e. The second kappa shape index (κ2) is 8.72. The predicted molar refractivity (Wildman–Crippen MR) is 120 cm³/mol. The van der Waals surface area contributed by atoms with Gasteiger partial charge in [-0.3, -0.25) is 9.69 Å². The molecule has 2 aromatic rings. The lowest BCUT2D eigenvalue weighted by molar-refractivity contribution is -0.123. The minimum absolute atomic E-state index is 0.0193. The highest BCUT2D eigenvalue weighted by Crippen LogP contribution is 2.38. The van der Waals surface area contributed by atoms with Crippen LogP contribution in [0.1, 0.15) is 37.9 Å². The summed E-state index contributed by atoms with van der Waals surface area (Å²) in [5.74, 6) is -0.0193. The van der Waals surface area contributed by atoms with E-state index >= 15 is 0 Å². The maximum absolute atomic E-state index is 12.9. The number of amides is 1. The molecule has 5 heteroatoms. The Balaban J connectivity index is 1.80. The van der Waals surface area contributed by atoms with Crippen molar-refractivity contribution >= 4 is 46.0 Å². The molecule has 3 rings (SSSR count). The summed E-state index contributed by atoms with van der Waals surface area (Å²) < 4.78 is 0.613. The number of carbonyl (C=O) groups is 1. The fourth-order valence-corrected chi connectivity index (χ4v) is 4.63. The number of benzene rings is 2. The molecular weight excluding hydrogens is 372 g/mol. The maximum atomic E-state index is 12.9. The Hall–Kier alpha value is -2.11. The Bertz CT molecular complexity index is 842. The van der Waals surface area contributed by atoms with Gasteiger partial charge in [-0.1, -0.05) is 66.4 Å². The third-order valence-corrected chi connectivity index (χ3v) is 6.14. The van der Waals surface area contributed by atoms with Crippen LogP contribution in [0, 0.1) is 0 Å². The van der Waals surface area contributed by atoms with E-state index < -0.39 is 0 Å². The minimum atomic E-state index is -0.0744. The molecule has 0 saturated carbocycles. The topological polar surface area (TPSA) is 23.6 Å². The number of nitrogens with zero attached hydrogens (tertiary/aromatic N) is 2. The summed E-state index contributed by atoms with van der Waals surface area (Å²) in [4.78, 5) is 17.6. The monoisotopic (exact) mass is 396 g/mol. The van der Waals surface area contributed by atoms with Crippen molar-refractivity contribution in [2.45, 2.75) is 26.8 Å². The average molecular weight is 397 g/mol. The summed E-state index contributed by atoms with van der Waals surface area (Å²) in [5, 5.41) is 0. The highest BCUT2D eigenvalue weighted by molar-refractivity contribution is 8.26. The summed E-state index contributed by atoms with van der Waals surface area (Å²) in [6.45, 7) is 8.27. The molecule has 27 heavy (non-hydrogen) atoms. The number of thioether (sulfide) groups is 1. The van der Waals surface area contributed by atoms with Crippen molar-refractivity contribution in [2.24, 2.45) is 0 Å². The third-order valence-electron chi connectivity index (χ3n) is 4.81. The van der Waals surface area contributed by atoms with Crippen molar-refractivity contribution in [3.05, 3.63) is 70.6 Å². The van der Waals surface area contributed by atoms with Crippen LogP contribution in [0.2, 0.25) is 0 Å². The van der Waals surface area contributed by atoms with Crippen LogP contribution < -0.4 is 4.90 Å². The van der Waals surface area contributed by atoms with Gasteiger partial charge in [0.2, 0.25) is 0 Å². The molecule has 1 saturated heterocycles. The van der Waals surface area contributed by atoms with Crippen molar-refractivity contribution < 1.29 is 4.79 Å². The van der Waals surface area contributed by atoms with Gasteiger partial charge in [0.15, 0.2) is 0 Å². The normalized spacial score (nSPS) is 16.9. The fourth-order valence-electron chi connectivity index (χ4n) is 3.22. The molecule has 1 heterocycles. The predicted octanol–water partition coefficient (Wildman–Crippen LogP) is 5.50. The van der Waals surface area contributed by atoms with Crippen LogP contribution >= 0.6 is 24.0 Å². The zero-order valence-electron chi connectivity index (χ0n) is 15.9. The van der Waals surface area contributed by atoms with Gasteiger partial charge in [-0.25, -0.2) is 0 Å². The van der Waals surface area contributed by atoms with Crippen LogP contribution in [0.4, 0.5) is 5.69 Å². The van der Waals surface area contributed by atoms with Crippen LogP contribution in [0.3, 0.4) is 0 Å². The molecule has 0 aromatic heterocycles. The molecule has 0 N–H and O–H groups in total. The molecule has 1 fully saturated rings. The summed E-state index contributed by atoms with van der Waals surface area (Å²) in [7, 11) is 0. The molecular formula is C22H24N2OS2. The van der Waals surface area contributed by atoms with Gasteiger partial charge >= 0.3 is 0 Å². The van der Waals surface area contributed by atoms with Gasteiger partial charge in [0.1, 0.15) is 4.32 Å². The van der Waals surface area contributed by atoms with E-state index in [-0.39, 0.29) is 11.9 Å². The van der Waals surface area contributed by atoms with Crippen molar-refractivity contribution in [2.75, 3.05) is 18.0 Å². The SMILES string of the molecule is CCN(CC)c1ccc(/C=C2/SC(=S)N([C@@H](C)c3ccccc3)C2=O)cc1. The van der Waals surface area contributed by atoms with Gasteiger partial charge in [0.25, 0.3) is 5.91 Å². The van der Waals surface area contributed by atoms with Crippen LogP contribution in [0.15, 0.2) is 59.5 Å². The number of thiocarbonyl (C=S) groups is 1. The highest BCUT2D eigenvalue weighted by atomic mass is 32.2. The zero-order valence-corrected chi connectivity index (χ0v) is 17.5. The standard InChI is InChI=1S/C22H24N2OS2/c1-4-23(5-2)19-13-11-17(12-14-19)15-20-21(25)24(22(26)27-20)16(3)18-9-7-6-8-10-18/h6-16H,4-5H2,1-3H3/b20-15+/t16-/m0/s1. The number of rotatable bonds is 6. The minimum Gasteiger partial charge on any atom is -0.372 e. The average Bonchev–Trinajstić information content (AvgIpc) is 2.97. The molecule has 1 atom stereocenters. The van der Waals surface area contributed by atoms with Crippen LogP contribution in [0.5, 0.6) is 0 Å². The van der Waals surface area contributed by atoms with Crippen LogP contribution in [0.25, 0.3) is 6.08 Å². The zero-order chi connectivity index (χ0) is 19.4. The Morgan fingerprint density at radius 3 is 2.30 bits per heavy atom. The maximum Gasteiger partial charge on any atom is 0.266 e. The molecule has 0 unspecified atom stereocenters. The van der Waals surface area contributed by atoms with Crippen LogP contribution in [-0.4, -0.2) is 28.2 Å². The first-order chi connectivity index (χ1) is 13.0. The first-order valence-corrected chi connectivity index (χ1v) is 10.4. The molecule has 1 aliphatic rings. The smallest absolute Gasteiger partial charge is 0.266 e. The third kappa shape index (κ3) is 4.25. The van der Waals surface area contributed by atoms with E-state index in [1.54, 1.807) is 4.90 Å². The van der Waals surface area contributed by atoms with Gasteiger partial charge in [0, 0.05) is 18.8 Å². The number of hydrogen-bond acceptors (Lipinski definition) is 4. The van der Waals surface area contributed by atoms with Gasteiger partial charge < -0.3 is 4.90 Å². The molecule has 3 nitrogen and oxygen atoms in total. The molecule has 0 aliphatic carbocycles. The number of hydrogen-bond donors (Lipinski definition) is 0. The number of carbonyl (C=O) groups excluding carboxylic acids is 1. The lowest BCUT2D eigenvalue weighted by Crippen LogP contribution is -2.30. The summed E-state index contributed by atoms with van der Waals surface area (Å²) in [6, 6.07) is 18.2. The molecule has 0 spiro atoms. The van der Waals surface area contributed by atoms with Crippen molar-refractivity contribution in [3.8, 4) is 0 Å². The molecule has 1 amide bonds. The first kappa shape index (κ1) is 19.6. The lowest BCUT2D eigenvalue weighted by Gasteiger charge is -2.23.